The summed E-state index contributed by atoms with van der Waals surface area (Å²) in [7, 11) is 2.87. The van der Waals surface area contributed by atoms with Gasteiger partial charge in [-0.15, -0.1) is 23.2 Å². The van der Waals surface area contributed by atoms with Gasteiger partial charge < -0.3 is 9.47 Å². The zero-order valence-electron chi connectivity index (χ0n) is 10.3. The van der Waals surface area contributed by atoms with E-state index in [9.17, 15) is 4.79 Å². The highest BCUT2D eigenvalue weighted by Gasteiger charge is 2.86. The van der Waals surface area contributed by atoms with Crippen LogP contribution in [0.2, 0.25) is 0 Å². The standard InChI is InChI=1S/C12H12Cl4O3/c1-18-12(19-2)10(15)5-3-4-6(17)7(5)11(12,16)9(14)8(10)13/h5,7H,3-4H2,1-2H3/t5-,7-,10-,11+/m1/s1. The minimum atomic E-state index is -1.43. The SMILES string of the molecule is COC1(OC)[C@@]2(Cl)C(Cl)=C(Cl)[C@]1(Cl)[C@@H]1CCC(=O)[C@@H]12. The molecule has 3 rings (SSSR count). The fourth-order valence-electron chi connectivity index (χ4n) is 4.07. The van der Waals surface area contributed by atoms with Crippen molar-refractivity contribution in [3.8, 4) is 0 Å². The van der Waals surface area contributed by atoms with Gasteiger partial charge in [-0.2, -0.15) is 0 Å². The van der Waals surface area contributed by atoms with Gasteiger partial charge in [-0.25, -0.2) is 0 Å². The molecule has 106 valence electrons. The number of methoxy groups -OCH3 is 2. The van der Waals surface area contributed by atoms with E-state index in [1.165, 1.54) is 14.2 Å². The molecular formula is C12H12Cl4O3. The van der Waals surface area contributed by atoms with E-state index in [4.69, 9.17) is 55.9 Å². The van der Waals surface area contributed by atoms with Crippen LogP contribution >= 0.6 is 46.4 Å². The molecule has 0 aromatic heterocycles. The minimum absolute atomic E-state index is 0.0308. The van der Waals surface area contributed by atoms with Crippen molar-refractivity contribution in [2.45, 2.75) is 28.4 Å². The predicted octanol–water partition coefficient (Wildman–Crippen LogP) is 3.24. The molecule has 3 aliphatic rings. The van der Waals surface area contributed by atoms with Gasteiger partial charge in [0, 0.05) is 26.6 Å². The van der Waals surface area contributed by atoms with Gasteiger partial charge in [0.2, 0.25) is 5.79 Å². The first kappa shape index (κ1) is 14.4. The van der Waals surface area contributed by atoms with Crippen molar-refractivity contribution < 1.29 is 14.3 Å². The van der Waals surface area contributed by atoms with Gasteiger partial charge in [-0.1, -0.05) is 23.2 Å². The maximum atomic E-state index is 12.2. The van der Waals surface area contributed by atoms with Crippen molar-refractivity contribution in [3.63, 3.8) is 0 Å². The maximum Gasteiger partial charge on any atom is 0.218 e. The molecule has 0 aliphatic heterocycles. The number of ether oxygens (including phenoxy) is 2. The van der Waals surface area contributed by atoms with Crippen molar-refractivity contribution in [1.29, 1.82) is 0 Å². The Morgan fingerprint density at radius 2 is 1.63 bits per heavy atom. The lowest BCUT2D eigenvalue weighted by atomic mass is 9.84. The summed E-state index contributed by atoms with van der Waals surface area (Å²) < 4.78 is 11.0. The second-order valence-electron chi connectivity index (χ2n) is 5.17. The van der Waals surface area contributed by atoms with Crippen LogP contribution in [-0.2, 0) is 14.3 Å². The fourth-order valence-corrected chi connectivity index (χ4v) is 6.32. The van der Waals surface area contributed by atoms with Crippen molar-refractivity contribution in [2.75, 3.05) is 14.2 Å². The molecule has 3 nitrogen and oxygen atoms in total. The lowest BCUT2D eigenvalue weighted by Crippen LogP contribution is -2.58. The number of rotatable bonds is 2. The van der Waals surface area contributed by atoms with Gasteiger partial charge in [0.1, 0.15) is 15.5 Å². The van der Waals surface area contributed by atoms with Gasteiger partial charge in [0.15, 0.2) is 0 Å². The smallest absolute Gasteiger partial charge is 0.218 e. The van der Waals surface area contributed by atoms with E-state index < -0.39 is 21.5 Å². The van der Waals surface area contributed by atoms with Crippen LogP contribution in [0.4, 0.5) is 0 Å². The Bertz CT molecular complexity index is 501. The normalized spacial score (nSPS) is 47.2. The Hall–Kier alpha value is 0.490. The molecule has 2 saturated carbocycles. The Labute approximate surface area is 131 Å². The molecule has 0 saturated heterocycles. The summed E-state index contributed by atoms with van der Waals surface area (Å²) in [6.07, 6.45) is 1.03. The van der Waals surface area contributed by atoms with E-state index in [0.717, 1.165) is 0 Å². The number of Topliss-reactive ketones (excluding diaryl/α,β-unsaturated/α-hetero) is 1. The lowest BCUT2D eigenvalue weighted by Gasteiger charge is -2.41. The topological polar surface area (TPSA) is 35.5 Å². The largest absolute Gasteiger partial charge is 0.350 e. The molecule has 0 radical (unpaired) electrons. The molecule has 2 bridgehead atoms. The highest BCUT2D eigenvalue weighted by molar-refractivity contribution is 6.52. The molecule has 0 amide bonds. The van der Waals surface area contributed by atoms with Crippen molar-refractivity contribution >= 4 is 52.2 Å². The highest BCUT2D eigenvalue weighted by Crippen LogP contribution is 2.76. The summed E-state index contributed by atoms with van der Waals surface area (Å²) in [5, 5.41) is 0.386. The molecule has 3 aliphatic carbocycles. The second-order valence-corrected chi connectivity index (χ2v) is 7.11. The number of fused-ring (bicyclic) bond motifs is 5. The molecular weight excluding hydrogens is 334 g/mol. The van der Waals surface area contributed by atoms with E-state index in [2.05, 4.69) is 0 Å². The third-order valence-electron chi connectivity index (χ3n) is 4.75. The predicted molar refractivity (Wildman–Crippen MR) is 73.9 cm³/mol. The summed E-state index contributed by atoms with van der Waals surface area (Å²) in [6, 6.07) is 0. The van der Waals surface area contributed by atoms with E-state index in [1.807, 2.05) is 0 Å². The van der Waals surface area contributed by atoms with Crippen LogP contribution in [0, 0.1) is 11.8 Å². The third-order valence-corrected chi connectivity index (χ3v) is 7.41. The van der Waals surface area contributed by atoms with Crippen LogP contribution in [-0.4, -0.2) is 35.5 Å². The molecule has 7 heteroatoms. The summed E-state index contributed by atoms with van der Waals surface area (Å²) in [5.41, 5.74) is 0. The van der Waals surface area contributed by atoms with Gasteiger partial charge in [-0.05, 0) is 6.42 Å². The molecule has 0 unspecified atom stereocenters. The van der Waals surface area contributed by atoms with Gasteiger partial charge in [0.25, 0.3) is 0 Å². The molecule has 19 heavy (non-hydrogen) atoms. The Morgan fingerprint density at radius 1 is 1.11 bits per heavy atom. The molecule has 0 spiro atoms. The first-order chi connectivity index (χ1) is 8.82. The summed E-state index contributed by atoms with van der Waals surface area (Å²) in [4.78, 5) is 9.62. The summed E-state index contributed by atoms with van der Waals surface area (Å²) in [6.45, 7) is 0. The van der Waals surface area contributed by atoms with Crippen molar-refractivity contribution in [2.24, 2.45) is 11.8 Å². The van der Waals surface area contributed by atoms with Crippen LogP contribution in [0.5, 0.6) is 0 Å². The highest BCUT2D eigenvalue weighted by atomic mass is 35.5. The zero-order valence-corrected chi connectivity index (χ0v) is 13.3. The van der Waals surface area contributed by atoms with Gasteiger partial charge in [-0.3, -0.25) is 4.79 Å². The minimum Gasteiger partial charge on any atom is -0.350 e. The first-order valence-electron chi connectivity index (χ1n) is 5.90. The number of carbonyl (C=O) groups is 1. The second kappa shape index (κ2) is 4.02. The molecule has 0 aromatic rings. The molecule has 0 heterocycles. The average Bonchev–Trinajstić information content (AvgIpc) is 2.90. The van der Waals surface area contributed by atoms with Gasteiger partial charge in [0.05, 0.1) is 16.0 Å². The number of alkyl halides is 2. The Balaban J connectivity index is 2.33. The molecule has 0 N–H and O–H groups in total. The number of hydrogen-bond donors (Lipinski definition) is 0. The van der Waals surface area contributed by atoms with E-state index in [0.29, 0.717) is 12.8 Å². The Kier molecular flexibility index (Phi) is 3.06. The monoisotopic (exact) mass is 344 g/mol. The van der Waals surface area contributed by atoms with Crippen LogP contribution in [0.15, 0.2) is 10.1 Å². The van der Waals surface area contributed by atoms with Crippen LogP contribution in [0.25, 0.3) is 0 Å². The summed E-state index contributed by atoms with van der Waals surface area (Å²) in [5.74, 6) is -2.15. The van der Waals surface area contributed by atoms with Crippen LogP contribution in [0.1, 0.15) is 12.8 Å². The van der Waals surface area contributed by atoms with E-state index in [1.54, 1.807) is 0 Å². The van der Waals surface area contributed by atoms with Crippen LogP contribution < -0.4 is 0 Å². The molecule has 0 aromatic carbocycles. The van der Waals surface area contributed by atoms with E-state index in [-0.39, 0.29) is 21.8 Å². The van der Waals surface area contributed by atoms with Gasteiger partial charge >= 0.3 is 0 Å². The number of hydrogen-bond acceptors (Lipinski definition) is 3. The third kappa shape index (κ3) is 1.17. The van der Waals surface area contributed by atoms with E-state index >= 15 is 0 Å². The first-order valence-corrected chi connectivity index (χ1v) is 7.41. The van der Waals surface area contributed by atoms with Crippen LogP contribution in [0.3, 0.4) is 0 Å². The van der Waals surface area contributed by atoms with Crippen molar-refractivity contribution in [1.82, 2.24) is 0 Å². The molecule has 2 fully saturated rings. The average molecular weight is 346 g/mol. The number of carbonyl (C=O) groups excluding carboxylic acids is 1. The molecule has 4 atom stereocenters. The van der Waals surface area contributed by atoms with Crippen molar-refractivity contribution in [3.05, 3.63) is 10.1 Å². The number of halogens is 4. The fraction of sp³-hybridized carbons (Fsp3) is 0.750. The lowest BCUT2D eigenvalue weighted by molar-refractivity contribution is -0.221. The Morgan fingerprint density at radius 3 is 2.16 bits per heavy atom. The maximum absolute atomic E-state index is 12.2. The quantitative estimate of drug-likeness (QED) is 0.569. The number of ketones is 1. The zero-order chi connectivity index (χ0) is 14.2. The summed E-state index contributed by atoms with van der Waals surface area (Å²) >= 11 is 26.1.